The van der Waals surface area contributed by atoms with Crippen molar-refractivity contribution in [2.24, 2.45) is 5.92 Å². The van der Waals surface area contributed by atoms with Gasteiger partial charge in [0.1, 0.15) is 5.78 Å². The number of hydrogen-bond donors (Lipinski definition) is 0. The first-order valence-corrected chi connectivity index (χ1v) is 7.20. The van der Waals surface area contributed by atoms with Crippen LogP contribution in [0.3, 0.4) is 0 Å². The van der Waals surface area contributed by atoms with Crippen LogP contribution in [0.1, 0.15) is 30.0 Å². The molecule has 0 saturated carbocycles. The molecule has 2 rings (SSSR count). The van der Waals surface area contributed by atoms with Gasteiger partial charge in [-0.3, -0.25) is 9.69 Å². The van der Waals surface area contributed by atoms with E-state index in [-0.39, 0.29) is 5.92 Å². The standard InChI is InChI=1S/C14H21NOS/c1-10-9-15(7-6-14(10)16)11(2)8-13-5-4-12(3)17-13/h4-5,10-11H,6-9H2,1-3H3. The zero-order valence-corrected chi connectivity index (χ0v) is 11.7. The molecular formula is C14H21NOS. The van der Waals surface area contributed by atoms with Crippen LogP contribution in [0.25, 0.3) is 0 Å². The number of carbonyl (C=O) groups excluding carboxylic acids is 1. The van der Waals surface area contributed by atoms with E-state index in [1.165, 1.54) is 9.75 Å². The second kappa shape index (κ2) is 5.32. The molecule has 2 nitrogen and oxygen atoms in total. The summed E-state index contributed by atoms with van der Waals surface area (Å²) < 4.78 is 0. The van der Waals surface area contributed by atoms with Gasteiger partial charge < -0.3 is 0 Å². The van der Waals surface area contributed by atoms with Crippen LogP contribution >= 0.6 is 11.3 Å². The molecule has 0 amide bonds. The number of likely N-dealkylation sites (tertiary alicyclic amines) is 1. The van der Waals surface area contributed by atoms with Crippen LogP contribution in [0.4, 0.5) is 0 Å². The summed E-state index contributed by atoms with van der Waals surface area (Å²) in [6.45, 7) is 8.35. The number of nitrogens with zero attached hydrogens (tertiary/aromatic N) is 1. The predicted molar refractivity (Wildman–Crippen MR) is 72.6 cm³/mol. The van der Waals surface area contributed by atoms with Crippen LogP contribution in [-0.2, 0) is 11.2 Å². The third-order valence-electron chi connectivity index (χ3n) is 3.62. The highest BCUT2D eigenvalue weighted by molar-refractivity contribution is 7.11. The fourth-order valence-corrected chi connectivity index (χ4v) is 3.47. The Kier molecular flexibility index (Phi) is 4.00. The molecule has 1 aromatic heterocycles. The van der Waals surface area contributed by atoms with Gasteiger partial charge in [0.2, 0.25) is 0 Å². The van der Waals surface area contributed by atoms with Gasteiger partial charge >= 0.3 is 0 Å². The Hall–Kier alpha value is -0.670. The molecule has 1 fully saturated rings. The molecule has 1 saturated heterocycles. The van der Waals surface area contributed by atoms with E-state index in [2.05, 4.69) is 37.8 Å². The first-order valence-electron chi connectivity index (χ1n) is 6.38. The Morgan fingerprint density at radius 3 is 2.88 bits per heavy atom. The van der Waals surface area contributed by atoms with Crippen LogP contribution < -0.4 is 0 Å². The molecule has 0 radical (unpaired) electrons. The summed E-state index contributed by atoms with van der Waals surface area (Å²) in [7, 11) is 0. The lowest BCUT2D eigenvalue weighted by Crippen LogP contribution is -2.45. The van der Waals surface area contributed by atoms with Crippen molar-refractivity contribution in [2.45, 2.75) is 39.7 Å². The molecule has 1 aliphatic heterocycles. The summed E-state index contributed by atoms with van der Waals surface area (Å²) in [5.41, 5.74) is 0. The van der Waals surface area contributed by atoms with E-state index in [1.54, 1.807) is 0 Å². The lowest BCUT2D eigenvalue weighted by atomic mass is 9.97. The van der Waals surface area contributed by atoms with E-state index < -0.39 is 0 Å². The average molecular weight is 251 g/mol. The number of Topliss-reactive ketones (excluding diaryl/α,β-unsaturated/α-hetero) is 1. The maximum absolute atomic E-state index is 11.5. The Morgan fingerprint density at radius 1 is 1.53 bits per heavy atom. The molecule has 94 valence electrons. The first kappa shape index (κ1) is 12.8. The zero-order chi connectivity index (χ0) is 12.4. The third-order valence-corrected chi connectivity index (χ3v) is 4.64. The summed E-state index contributed by atoms with van der Waals surface area (Å²) >= 11 is 1.89. The molecule has 0 spiro atoms. The van der Waals surface area contributed by atoms with Gasteiger partial charge in [-0.05, 0) is 32.4 Å². The second-order valence-corrected chi connectivity index (χ2v) is 6.55. The quantitative estimate of drug-likeness (QED) is 0.823. The van der Waals surface area contributed by atoms with Crippen molar-refractivity contribution in [3.8, 4) is 0 Å². The minimum atomic E-state index is 0.219. The highest BCUT2D eigenvalue weighted by Crippen LogP contribution is 2.21. The van der Waals surface area contributed by atoms with Gasteiger partial charge in [-0.25, -0.2) is 0 Å². The number of thiophene rings is 1. The van der Waals surface area contributed by atoms with Crippen molar-refractivity contribution >= 4 is 17.1 Å². The molecule has 17 heavy (non-hydrogen) atoms. The van der Waals surface area contributed by atoms with Crippen LogP contribution in [0, 0.1) is 12.8 Å². The molecule has 1 aliphatic rings. The number of hydrogen-bond acceptors (Lipinski definition) is 3. The lowest BCUT2D eigenvalue weighted by Gasteiger charge is -2.34. The van der Waals surface area contributed by atoms with Gasteiger partial charge in [-0.15, -0.1) is 11.3 Å². The van der Waals surface area contributed by atoms with E-state index in [0.717, 1.165) is 25.9 Å². The van der Waals surface area contributed by atoms with Crippen molar-refractivity contribution in [3.63, 3.8) is 0 Å². The van der Waals surface area contributed by atoms with Crippen molar-refractivity contribution in [1.29, 1.82) is 0 Å². The van der Waals surface area contributed by atoms with Crippen LogP contribution in [0.2, 0.25) is 0 Å². The molecular weight excluding hydrogens is 230 g/mol. The fraction of sp³-hybridized carbons (Fsp3) is 0.643. The number of aryl methyl sites for hydroxylation is 1. The van der Waals surface area contributed by atoms with Gasteiger partial charge in [-0.1, -0.05) is 6.92 Å². The average Bonchev–Trinajstić information content (AvgIpc) is 2.68. The topological polar surface area (TPSA) is 20.3 Å². The van der Waals surface area contributed by atoms with Crippen molar-refractivity contribution in [2.75, 3.05) is 13.1 Å². The highest BCUT2D eigenvalue weighted by atomic mass is 32.1. The summed E-state index contributed by atoms with van der Waals surface area (Å²) in [5, 5.41) is 0. The normalized spacial score (nSPS) is 23.9. The molecule has 3 heteroatoms. The van der Waals surface area contributed by atoms with Crippen LogP contribution in [0.15, 0.2) is 12.1 Å². The summed E-state index contributed by atoms with van der Waals surface area (Å²) in [6.07, 6.45) is 1.84. The van der Waals surface area contributed by atoms with Crippen molar-refractivity contribution in [1.82, 2.24) is 4.90 Å². The lowest BCUT2D eigenvalue weighted by molar-refractivity contribution is -0.126. The van der Waals surface area contributed by atoms with Gasteiger partial charge in [-0.2, -0.15) is 0 Å². The fourth-order valence-electron chi connectivity index (χ4n) is 2.46. The van der Waals surface area contributed by atoms with Crippen molar-refractivity contribution < 1.29 is 4.79 Å². The van der Waals surface area contributed by atoms with Gasteiger partial charge in [0, 0.05) is 41.2 Å². The Morgan fingerprint density at radius 2 is 2.29 bits per heavy atom. The summed E-state index contributed by atoms with van der Waals surface area (Å²) in [6, 6.07) is 4.97. The molecule has 0 N–H and O–H groups in total. The molecule has 2 atom stereocenters. The highest BCUT2D eigenvalue weighted by Gasteiger charge is 2.26. The van der Waals surface area contributed by atoms with Crippen molar-refractivity contribution in [3.05, 3.63) is 21.9 Å². The minimum absolute atomic E-state index is 0.219. The largest absolute Gasteiger partial charge is 0.299 e. The summed E-state index contributed by atoms with van der Waals surface area (Å²) in [4.78, 5) is 16.8. The van der Waals surface area contributed by atoms with E-state index >= 15 is 0 Å². The van der Waals surface area contributed by atoms with Gasteiger partial charge in [0.15, 0.2) is 0 Å². The Labute approximate surface area is 108 Å². The first-order chi connectivity index (χ1) is 8.06. The maximum atomic E-state index is 11.5. The molecule has 2 heterocycles. The monoisotopic (exact) mass is 251 g/mol. The SMILES string of the molecule is Cc1ccc(CC(C)N2CCC(=O)C(C)C2)s1. The predicted octanol–water partition coefficient (Wildman–Crippen LogP) is 2.90. The maximum Gasteiger partial charge on any atom is 0.138 e. The Bertz CT molecular complexity index is 399. The number of piperidine rings is 1. The van der Waals surface area contributed by atoms with E-state index in [0.29, 0.717) is 11.8 Å². The number of carbonyl (C=O) groups is 1. The van der Waals surface area contributed by atoms with Gasteiger partial charge in [0.05, 0.1) is 0 Å². The molecule has 1 aromatic rings. The van der Waals surface area contributed by atoms with Crippen LogP contribution in [-0.4, -0.2) is 29.8 Å². The molecule has 0 bridgehead atoms. The van der Waals surface area contributed by atoms with E-state index in [1.807, 2.05) is 11.3 Å². The number of rotatable bonds is 3. The molecule has 2 unspecified atom stereocenters. The zero-order valence-electron chi connectivity index (χ0n) is 10.9. The van der Waals surface area contributed by atoms with Crippen LogP contribution in [0.5, 0.6) is 0 Å². The van der Waals surface area contributed by atoms with Gasteiger partial charge in [0.25, 0.3) is 0 Å². The van der Waals surface area contributed by atoms with E-state index in [4.69, 9.17) is 0 Å². The number of ketones is 1. The third kappa shape index (κ3) is 3.17. The second-order valence-electron chi connectivity index (χ2n) is 5.18. The summed E-state index contributed by atoms with van der Waals surface area (Å²) in [5.74, 6) is 0.650. The molecule has 0 aliphatic carbocycles. The molecule has 0 aromatic carbocycles. The minimum Gasteiger partial charge on any atom is -0.299 e. The smallest absolute Gasteiger partial charge is 0.138 e. The van der Waals surface area contributed by atoms with E-state index in [9.17, 15) is 4.79 Å². The Balaban J connectivity index is 1.92.